The summed E-state index contributed by atoms with van der Waals surface area (Å²) >= 11 is 7.32. The molecule has 0 spiro atoms. The van der Waals surface area contributed by atoms with Gasteiger partial charge in [-0.1, -0.05) is 23.7 Å². The molecule has 0 saturated carbocycles. The normalized spacial score (nSPS) is 19.9. The Morgan fingerprint density at radius 3 is 2.26 bits per heavy atom. The van der Waals surface area contributed by atoms with E-state index in [9.17, 15) is 0 Å². The van der Waals surface area contributed by atoms with E-state index >= 15 is 0 Å². The van der Waals surface area contributed by atoms with Crippen molar-refractivity contribution in [3.8, 4) is 0 Å². The van der Waals surface area contributed by atoms with Crippen molar-refractivity contribution in [3.63, 3.8) is 0 Å². The fraction of sp³-hybridized carbons (Fsp3) is 0.471. The van der Waals surface area contributed by atoms with Crippen LogP contribution < -0.4 is 5.32 Å². The predicted octanol–water partition coefficient (Wildman–Crippen LogP) is 5.01. The van der Waals surface area contributed by atoms with Crippen molar-refractivity contribution in [2.24, 2.45) is 0 Å². The van der Waals surface area contributed by atoms with Crippen molar-refractivity contribution in [1.29, 1.82) is 0 Å². The molecule has 1 aromatic heterocycles. The van der Waals surface area contributed by atoms with Crippen LogP contribution in [0.3, 0.4) is 0 Å². The van der Waals surface area contributed by atoms with Crippen molar-refractivity contribution < 1.29 is 9.47 Å². The van der Waals surface area contributed by atoms with E-state index in [0.29, 0.717) is 11.0 Å². The molecule has 23 heavy (non-hydrogen) atoms. The maximum Gasteiger partial charge on any atom is 0.185 e. The molecule has 1 aliphatic heterocycles. The minimum absolute atomic E-state index is 0.319. The van der Waals surface area contributed by atoms with Gasteiger partial charge in [-0.3, -0.25) is 0 Å². The average Bonchev–Trinajstić information content (AvgIpc) is 2.98. The molecule has 0 unspecified atom stereocenters. The quantitative estimate of drug-likeness (QED) is 0.839. The van der Waals surface area contributed by atoms with E-state index < -0.39 is 0 Å². The van der Waals surface area contributed by atoms with Crippen LogP contribution >= 0.6 is 22.9 Å². The Morgan fingerprint density at radius 2 is 1.74 bits per heavy atom. The standard InChI is InChI=1S/C17H21ClN2O2S/c1-16(2)17(3,4)22-14(21-16)11-5-7-12(8-6-11)19-9-13-10-20-15(18)23-13/h5-8,10,14,19H,9H2,1-4H3. The molecule has 0 bridgehead atoms. The first-order valence-corrected chi connectivity index (χ1v) is 8.76. The number of nitrogens with zero attached hydrogens (tertiary/aromatic N) is 1. The molecule has 0 amide bonds. The third-order valence-corrected chi connectivity index (χ3v) is 5.54. The molecule has 0 aliphatic carbocycles. The highest BCUT2D eigenvalue weighted by Crippen LogP contribution is 2.44. The zero-order chi connectivity index (χ0) is 16.7. The van der Waals surface area contributed by atoms with Gasteiger partial charge in [0.1, 0.15) is 0 Å². The summed E-state index contributed by atoms with van der Waals surface area (Å²) in [7, 11) is 0. The number of rotatable bonds is 4. The Hall–Kier alpha value is -1.14. The van der Waals surface area contributed by atoms with Crippen LogP contribution in [0.25, 0.3) is 0 Å². The zero-order valence-corrected chi connectivity index (χ0v) is 15.3. The molecule has 1 saturated heterocycles. The Bertz CT molecular complexity index is 666. The molecule has 0 radical (unpaired) electrons. The molecule has 1 N–H and O–H groups in total. The second-order valence-corrected chi connectivity index (χ2v) is 8.34. The summed E-state index contributed by atoms with van der Waals surface area (Å²) in [6.45, 7) is 8.94. The molecule has 3 rings (SSSR count). The molecular weight excluding hydrogens is 332 g/mol. The summed E-state index contributed by atoms with van der Waals surface area (Å²) in [4.78, 5) is 5.14. The number of anilines is 1. The average molecular weight is 353 g/mol. The first-order valence-electron chi connectivity index (χ1n) is 7.56. The van der Waals surface area contributed by atoms with E-state index in [4.69, 9.17) is 21.1 Å². The van der Waals surface area contributed by atoms with Gasteiger partial charge in [-0.05, 0) is 39.8 Å². The molecule has 2 aromatic rings. The highest BCUT2D eigenvalue weighted by Gasteiger charge is 2.49. The van der Waals surface area contributed by atoms with Crippen molar-refractivity contribution in [3.05, 3.63) is 45.4 Å². The first-order chi connectivity index (χ1) is 10.8. The smallest absolute Gasteiger partial charge is 0.185 e. The van der Waals surface area contributed by atoms with Crippen LogP contribution in [0.1, 0.15) is 44.4 Å². The minimum Gasteiger partial charge on any atom is -0.380 e. The monoisotopic (exact) mass is 352 g/mol. The molecule has 2 heterocycles. The van der Waals surface area contributed by atoms with E-state index in [-0.39, 0.29) is 17.5 Å². The highest BCUT2D eigenvalue weighted by molar-refractivity contribution is 7.15. The summed E-state index contributed by atoms with van der Waals surface area (Å²) in [6, 6.07) is 8.13. The SMILES string of the molecule is CC1(C)OC(c2ccc(NCc3cnc(Cl)s3)cc2)OC1(C)C. The lowest BCUT2D eigenvalue weighted by atomic mass is 9.90. The fourth-order valence-corrected chi connectivity index (χ4v) is 3.21. The summed E-state index contributed by atoms with van der Waals surface area (Å²) < 4.78 is 12.7. The maximum atomic E-state index is 6.06. The van der Waals surface area contributed by atoms with Gasteiger partial charge in [0, 0.05) is 22.3 Å². The molecule has 1 aromatic carbocycles. The third kappa shape index (κ3) is 3.53. The Kier molecular flexibility index (Phi) is 4.40. The number of hydrogen-bond acceptors (Lipinski definition) is 5. The molecule has 1 fully saturated rings. The molecule has 1 aliphatic rings. The summed E-state index contributed by atoms with van der Waals surface area (Å²) in [5.41, 5.74) is 1.42. The van der Waals surface area contributed by atoms with E-state index in [1.807, 2.05) is 24.3 Å². The lowest BCUT2D eigenvalue weighted by Crippen LogP contribution is -2.41. The van der Waals surface area contributed by atoms with Crippen LogP contribution in [0.2, 0.25) is 4.47 Å². The fourth-order valence-electron chi connectivity index (χ4n) is 2.29. The summed E-state index contributed by atoms with van der Waals surface area (Å²) in [5.74, 6) is 0. The topological polar surface area (TPSA) is 43.4 Å². The van der Waals surface area contributed by atoms with Gasteiger partial charge in [0.25, 0.3) is 0 Å². The van der Waals surface area contributed by atoms with E-state index in [2.05, 4.69) is 38.0 Å². The predicted molar refractivity (Wildman–Crippen MR) is 94.0 cm³/mol. The highest BCUT2D eigenvalue weighted by atomic mass is 35.5. The third-order valence-electron chi connectivity index (χ3n) is 4.43. The number of nitrogens with one attached hydrogen (secondary N) is 1. The van der Waals surface area contributed by atoms with Crippen molar-refractivity contribution in [1.82, 2.24) is 4.98 Å². The van der Waals surface area contributed by atoms with E-state index in [1.165, 1.54) is 11.3 Å². The number of benzene rings is 1. The van der Waals surface area contributed by atoms with Gasteiger partial charge in [0.05, 0.1) is 17.7 Å². The van der Waals surface area contributed by atoms with Gasteiger partial charge in [-0.2, -0.15) is 0 Å². The number of hydrogen-bond donors (Lipinski definition) is 1. The number of ether oxygens (including phenoxy) is 2. The van der Waals surface area contributed by atoms with Crippen LogP contribution in [-0.2, 0) is 16.0 Å². The van der Waals surface area contributed by atoms with Crippen LogP contribution in [0.4, 0.5) is 5.69 Å². The lowest BCUT2D eigenvalue weighted by Gasteiger charge is -2.30. The summed E-state index contributed by atoms with van der Waals surface area (Å²) in [6.07, 6.45) is 1.47. The second kappa shape index (κ2) is 6.06. The number of aromatic nitrogens is 1. The molecular formula is C17H21ClN2O2S. The van der Waals surface area contributed by atoms with E-state index in [1.54, 1.807) is 6.20 Å². The van der Waals surface area contributed by atoms with Crippen molar-refractivity contribution in [2.75, 3.05) is 5.32 Å². The largest absolute Gasteiger partial charge is 0.380 e. The van der Waals surface area contributed by atoms with Gasteiger partial charge >= 0.3 is 0 Å². The van der Waals surface area contributed by atoms with Crippen LogP contribution in [0, 0.1) is 0 Å². The zero-order valence-electron chi connectivity index (χ0n) is 13.7. The Labute approximate surface area is 145 Å². The molecule has 124 valence electrons. The molecule has 6 heteroatoms. The molecule has 4 nitrogen and oxygen atoms in total. The Balaban J connectivity index is 1.64. The van der Waals surface area contributed by atoms with Gasteiger partial charge < -0.3 is 14.8 Å². The van der Waals surface area contributed by atoms with Gasteiger partial charge in [0.15, 0.2) is 10.8 Å². The van der Waals surface area contributed by atoms with Crippen LogP contribution in [-0.4, -0.2) is 16.2 Å². The van der Waals surface area contributed by atoms with Crippen LogP contribution in [0.5, 0.6) is 0 Å². The number of halogens is 1. The molecule has 0 atom stereocenters. The van der Waals surface area contributed by atoms with Gasteiger partial charge in [0.2, 0.25) is 0 Å². The first kappa shape index (κ1) is 16.7. The Morgan fingerprint density at radius 1 is 1.13 bits per heavy atom. The van der Waals surface area contributed by atoms with E-state index in [0.717, 1.165) is 16.1 Å². The summed E-state index contributed by atoms with van der Waals surface area (Å²) in [5, 5.41) is 3.35. The maximum absolute atomic E-state index is 6.06. The lowest BCUT2D eigenvalue weighted by molar-refractivity contribution is -0.0895. The minimum atomic E-state index is -0.325. The van der Waals surface area contributed by atoms with Gasteiger partial charge in [-0.25, -0.2) is 4.98 Å². The second-order valence-electron chi connectivity index (χ2n) is 6.64. The van der Waals surface area contributed by atoms with Crippen molar-refractivity contribution in [2.45, 2.75) is 51.7 Å². The number of thiazole rings is 1. The van der Waals surface area contributed by atoms with Crippen molar-refractivity contribution >= 4 is 28.6 Å². The van der Waals surface area contributed by atoms with Crippen LogP contribution in [0.15, 0.2) is 30.5 Å². The van der Waals surface area contributed by atoms with Gasteiger partial charge in [-0.15, -0.1) is 11.3 Å².